The highest BCUT2D eigenvalue weighted by Gasteiger charge is 1.78. The molecule has 0 bridgehead atoms. The Morgan fingerprint density at radius 2 is 2.25 bits per heavy atom. The summed E-state index contributed by atoms with van der Waals surface area (Å²) >= 11 is 0. The SMILES string of the molecule is C=CCOCOCC. The molecule has 8 heavy (non-hydrogen) atoms. The van der Waals surface area contributed by atoms with Gasteiger partial charge in [-0.25, -0.2) is 0 Å². The fourth-order valence-corrected chi connectivity index (χ4v) is 0.274. The second-order valence-corrected chi connectivity index (χ2v) is 1.27. The molecule has 0 heterocycles. The Kier molecular flexibility index (Phi) is 6.38. The van der Waals surface area contributed by atoms with Gasteiger partial charge in [0.05, 0.1) is 6.61 Å². The van der Waals surface area contributed by atoms with Gasteiger partial charge in [-0.15, -0.1) is 6.58 Å². The predicted octanol–water partition coefficient (Wildman–Crippen LogP) is 1.18. The van der Waals surface area contributed by atoms with Crippen LogP contribution in [0.2, 0.25) is 0 Å². The van der Waals surface area contributed by atoms with Gasteiger partial charge in [-0.1, -0.05) is 6.08 Å². The lowest BCUT2D eigenvalue weighted by Crippen LogP contribution is -1.98. The molecule has 2 nitrogen and oxygen atoms in total. The molecule has 48 valence electrons. The Morgan fingerprint density at radius 3 is 2.75 bits per heavy atom. The zero-order valence-corrected chi connectivity index (χ0v) is 5.22. The van der Waals surface area contributed by atoms with E-state index >= 15 is 0 Å². The quantitative estimate of drug-likeness (QED) is 0.305. The topological polar surface area (TPSA) is 18.5 Å². The zero-order chi connectivity index (χ0) is 6.24. The Bertz CT molecular complexity index is 52.5. The molecule has 0 aromatic heterocycles. The maximum absolute atomic E-state index is 4.88. The molecule has 0 N–H and O–H groups in total. The van der Waals surface area contributed by atoms with Crippen LogP contribution in [0.25, 0.3) is 0 Å². The van der Waals surface area contributed by atoms with Crippen molar-refractivity contribution in [2.24, 2.45) is 0 Å². The molecular weight excluding hydrogens is 104 g/mol. The smallest absolute Gasteiger partial charge is 0.147 e. The highest BCUT2D eigenvalue weighted by Crippen LogP contribution is 1.76. The summed E-state index contributed by atoms with van der Waals surface area (Å²) in [5.41, 5.74) is 0. The van der Waals surface area contributed by atoms with E-state index in [0.29, 0.717) is 20.0 Å². The first kappa shape index (κ1) is 7.66. The molecule has 0 unspecified atom stereocenters. The number of rotatable bonds is 5. The van der Waals surface area contributed by atoms with E-state index in [4.69, 9.17) is 9.47 Å². The van der Waals surface area contributed by atoms with Gasteiger partial charge in [0.1, 0.15) is 6.79 Å². The Morgan fingerprint density at radius 1 is 1.50 bits per heavy atom. The normalized spacial score (nSPS) is 9.12. The van der Waals surface area contributed by atoms with Crippen molar-refractivity contribution in [1.29, 1.82) is 0 Å². The summed E-state index contributed by atoms with van der Waals surface area (Å²) in [6.45, 7) is 7.06. The third-order valence-corrected chi connectivity index (χ3v) is 0.606. The van der Waals surface area contributed by atoms with Crippen LogP contribution in [0.4, 0.5) is 0 Å². The van der Waals surface area contributed by atoms with Crippen LogP contribution in [0.15, 0.2) is 12.7 Å². The van der Waals surface area contributed by atoms with Crippen molar-refractivity contribution >= 4 is 0 Å². The molecule has 0 aromatic rings. The van der Waals surface area contributed by atoms with E-state index in [1.807, 2.05) is 6.92 Å². The average Bonchev–Trinajstić information content (AvgIpc) is 1.81. The molecule has 0 rings (SSSR count). The number of hydrogen-bond donors (Lipinski definition) is 0. The van der Waals surface area contributed by atoms with Gasteiger partial charge in [0, 0.05) is 6.61 Å². The standard InChI is InChI=1S/C6H12O2/c1-3-5-8-6-7-4-2/h3H,1,4-6H2,2H3. The summed E-state index contributed by atoms with van der Waals surface area (Å²) < 4.78 is 9.75. The van der Waals surface area contributed by atoms with Crippen molar-refractivity contribution in [2.75, 3.05) is 20.0 Å². The molecule has 0 saturated carbocycles. The zero-order valence-electron chi connectivity index (χ0n) is 5.22. The first-order chi connectivity index (χ1) is 3.91. The summed E-state index contributed by atoms with van der Waals surface area (Å²) in [4.78, 5) is 0. The molecule has 0 aliphatic rings. The van der Waals surface area contributed by atoms with Crippen molar-refractivity contribution in [2.45, 2.75) is 6.92 Å². The van der Waals surface area contributed by atoms with Crippen LogP contribution in [0.5, 0.6) is 0 Å². The van der Waals surface area contributed by atoms with E-state index in [0.717, 1.165) is 0 Å². The average molecular weight is 116 g/mol. The molecule has 0 aliphatic heterocycles. The molecule has 0 spiro atoms. The third kappa shape index (κ3) is 5.66. The predicted molar refractivity (Wildman–Crippen MR) is 32.6 cm³/mol. The van der Waals surface area contributed by atoms with Crippen LogP contribution in [-0.2, 0) is 9.47 Å². The molecule has 0 saturated heterocycles. The van der Waals surface area contributed by atoms with Gasteiger partial charge in [0.25, 0.3) is 0 Å². The third-order valence-electron chi connectivity index (χ3n) is 0.606. The fraction of sp³-hybridized carbons (Fsp3) is 0.667. The minimum Gasteiger partial charge on any atom is -0.356 e. The lowest BCUT2D eigenvalue weighted by Gasteiger charge is -1.98. The highest BCUT2D eigenvalue weighted by molar-refractivity contribution is 4.62. The molecule has 0 atom stereocenters. The summed E-state index contributed by atoms with van der Waals surface area (Å²) in [5.74, 6) is 0. The molecule has 0 amide bonds. The maximum Gasteiger partial charge on any atom is 0.147 e. The highest BCUT2D eigenvalue weighted by atomic mass is 16.7. The van der Waals surface area contributed by atoms with Crippen LogP contribution < -0.4 is 0 Å². The first-order valence-electron chi connectivity index (χ1n) is 2.68. The van der Waals surface area contributed by atoms with Gasteiger partial charge >= 0.3 is 0 Å². The fourth-order valence-electron chi connectivity index (χ4n) is 0.274. The maximum atomic E-state index is 4.88. The lowest BCUT2D eigenvalue weighted by atomic mass is 10.7. The Labute approximate surface area is 50.1 Å². The van der Waals surface area contributed by atoms with E-state index in [2.05, 4.69) is 6.58 Å². The van der Waals surface area contributed by atoms with Crippen LogP contribution in [-0.4, -0.2) is 20.0 Å². The Balaban J connectivity index is 2.62. The van der Waals surface area contributed by atoms with E-state index < -0.39 is 0 Å². The van der Waals surface area contributed by atoms with Crippen molar-refractivity contribution in [3.63, 3.8) is 0 Å². The molecule has 0 fully saturated rings. The minimum atomic E-state index is 0.377. The molecule has 0 aromatic carbocycles. The minimum absolute atomic E-state index is 0.377. The Hall–Kier alpha value is -0.340. The summed E-state index contributed by atoms with van der Waals surface area (Å²) in [6.07, 6.45) is 1.69. The van der Waals surface area contributed by atoms with Crippen molar-refractivity contribution in [3.05, 3.63) is 12.7 Å². The van der Waals surface area contributed by atoms with Gasteiger partial charge < -0.3 is 9.47 Å². The molecular formula is C6H12O2. The molecule has 0 aliphatic carbocycles. The van der Waals surface area contributed by atoms with Gasteiger partial charge in [-0.3, -0.25) is 0 Å². The van der Waals surface area contributed by atoms with E-state index in [9.17, 15) is 0 Å². The van der Waals surface area contributed by atoms with E-state index in [1.54, 1.807) is 6.08 Å². The van der Waals surface area contributed by atoms with Crippen LogP contribution in [0, 0.1) is 0 Å². The first-order valence-corrected chi connectivity index (χ1v) is 2.68. The molecule has 2 heteroatoms. The summed E-state index contributed by atoms with van der Waals surface area (Å²) in [7, 11) is 0. The van der Waals surface area contributed by atoms with Crippen LogP contribution >= 0.6 is 0 Å². The number of hydrogen-bond acceptors (Lipinski definition) is 2. The van der Waals surface area contributed by atoms with Crippen molar-refractivity contribution in [1.82, 2.24) is 0 Å². The van der Waals surface area contributed by atoms with Gasteiger partial charge in [0.2, 0.25) is 0 Å². The summed E-state index contributed by atoms with van der Waals surface area (Å²) in [6, 6.07) is 0. The lowest BCUT2D eigenvalue weighted by molar-refractivity contribution is -0.0389. The monoisotopic (exact) mass is 116 g/mol. The van der Waals surface area contributed by atoms with Gasteiger partial charge in [-0.2, -0.15) is 0 Å². The van der Waals surface area contributed by atoms with E-state index in [-0.39, 0.29) is 0 Å². The summed E-state index contributed by atoms with van der Waals surface area (Å²) in [5, 5.41) is 0. The van der Waals surface area contributed by atoms with Crippen molar-refractivity contribution < 1.29 is 9.47 Å². The second-order valence-electron chi connectivity index (χ2n) is 1.27. The van der Waals surface area contributed by atoms with Crippen LogP contribution in [0.1, 0.15) is 6.92 Å². The van der Waals surface area contributed by atoms with Crippen LogP contribution in [0.3, 0.4) is 0 Å². The largest absolute Gasteiger partial charge is 0.356 e. The second kappa shape index (κ2) is 6.66. The van der Waals surface area contributed by atoms with Gasteiger partial charge in [0.15, 0.2) is 0 Å². The van der Waals surface area contributed by atoms with Crippen molar-refractivity contribution in [3.8, 4) is 0 Å². The van der Waals surface area contributed by atoms with Gasteiger partial charge in [-0.05, 0) is 6.92 Å². The van der Waals surface area contributed by atoms with E-state index in [1.165, 1.54) is 0 Å². The number of ether oxygens (including phenoxy) is 2. The molecule has 0 radical (unpaired) electrons.